The third-order valence-electron chi connectivity index (χ3n) is 5.94. The first-order valence-electron chi connectivity index (χ1n) is 11.1. The molecule has 2 aromatic carbocycles. The van der Waals surface area contributed by atoms with Gasteiger partial charge in [-0.2, -0.15) is 4.31 Å². The summed E-state index contributed by atoms with van der Waals surface area (Å²) >= 11 is 0. The zero-order valence-corrected chi connectivity index (χ0v) is 20.6. The van der Waals surface area contributed by atoms with Crippen LogP contribution in [0.2, 0.25) is 0 Å². The van der Waals surface area contributed by atoms with Crippen LogP contribution in [0.3, 0.4) is 0 Å². The smallest absolute Gasteiger partial charge is 0.243 e. The van der Waals surface area contributed by atoms with Crippen molar-refractivity contribution in [1.82, 2.24) is 9.62 Å². The number of sulfonamides is 1. The third kappa shape index (κ3) is 5.04. The Morgan fingerprint density at radius 1 is 1.06 bits per heavy atom. The highest BCUT2D eigenvalue weighted by atomic mass is 32.2. The number of nitrogens with zero attached hydrogens (tertiary/aromatic N) is 3. The monoisotopic (exact) mass is 472 g/mol. The molecule has 0 radical (unpaired) electrons. The Kier molecular flexibility index (Phi) is 7.44. The largest absolute Gasteiger partial charge is 0.378 e. The number of nitrogens with one attached hydrogen (secondary N) is 1. The average Bonchev–Trinajstić information content (AvgIpc) is 3.17. The van der Waals surface area contributed by atoms with Crippen LogP contribution in [-0.2, 0) is 32.6 Å². The lowest BCUT2D eigenvalue weighted by Crippen LogP contribution is -2.47. The minimum atomic E-state index is -3.63. The number of hydrogen-bond donors (Lipinski definition) is 1. The Morgan fingerprint density at radius 2 is 1.70 bits per heavy atom. The zero-order valence-electron chi connectivity index (χ0n) is 19.8. The van der Waals surface area contributed by atoms with E-state index in [1.807, 2.05) is 43.3 Å². The first-order chi connectivity index (χ1) is 15.6. The van der Waals surface area contributed by atoms with E-state index in [1.165, 1.54) is 22.2 Å². The maximum absolute atomic E-state index is 13.0. The van der Waals surface area contributed by atoms with Gasteiger partial charge in [0.2, 0.25) is 21.8 Å². The summed E-state index contributed by atoms with van der Waals surface area (Å²) < 4.78 is 27.2. The summed E-state index contributed by atoms with van der Waals surface area (Å²) in [6.07, 6.45) is 0.266. The Morgan fingerprint density at radius 3 is 2.24 bits per heavy atom. The minimum absolute atomic E-state index is 0.176. The number of carbonyl (C=O) groups is 2. The topological polar surface area (TPSA) is 90.0 Å². The van der Waals surface area contributed by atoms with Gasteiger partial charge in [-0.05, 0) is 41.5 Å². The second-order valence-corrected chi connectivity index (χ2v) is 10.2. The Balaban J connectivity index is 1.79. The van der Waals surface area contributed by atoms with Crippen molar-refractivity contribution >= 4 is 33.2 Å². The molecule has 1 heterocycles. The molecule has 1 atom stereocenters. The first kappa shape index (κ1) is 24.7. The van der Waals surface area contributed by atoms with Gasteiger partial charge < -0.3 is 10.2 Å². The van der Waals surface area contributed by atoms with Crippen molar-refractivity contribution in [2.24, 2.45) is 0 Å². The molecule has 8 nitrogen and oxygen atoms in total. The van der Waals surface area contributed by atoms with E-state index in [4.69, 9.17) is 0 Å². The van der Waals surface area contributed by atoms with E-state index < -0.39 is 16.1 Å². The molecule has 0 saturated carbocycles. The molecular formula is C24H32N4O4S. The molecule has 178 valence electrons. The molecule has 3 rings (SSSR count). The van der Waals surface area contributed by atoms with E-state index in [0.29, 0.717) is 30.9 Å². The molecule has 0 spiro atoms. The van der Waals surface area contributed by atoms with Gasteiger partial charge in [-0.1, -0.05) is 26.0 Å². The van der Waals surface area contributed by atoms with Crippen molar-refractivity contribution in [2.45, 2.75) is 44.7 Å². The molecule has 0 unspecified atom stereocenters. The summed E-state index contributed by atoms with van der Waals surface area (Å²) in [4.78, 5) is 29.0. The van der Waals surface area contributed by atoms with Crippen LogP contribution in [0.4, 0.5) is 11.4 Å². The molecule has 1 N–H and O–H groups in total. The van der Waals surface area contributed by atoms with Crippen LogP contribution in [0.25, 0.3) is 0 Å². The number of hydrogen-bond acceptors (Lipinski definition) is 5. The highest BCUT2D eigenvalue weighted by Crippen LogP contribution is 2.35. The second-order valence-electron chi connectivity index (χ2n) is 8.27. The molecule has 9 heteroatoms. The Bertz CT molecular complexity index is 1130. The summed E-state index contributed by atoms with van der Waals surface area (Å²) in [5.41, 5.74) is 3.27. The van der Waals surface area contributed by atoms with Crippen molar-refractivity contribution in [1.29, 1.82) is 0 Å². The maximum Gasteiger partial charge on any atom is 0.243 e. The summed E-state index contributed by atoms with van der Waals surface area (Å²) in [7, 11) is 0.295. The molecule has 33 heavy (non-hydrogen) atoms. The van der Waals surface area contributed by atoms with Crippen molar-refractivity contribution in [2.75, 3.05) is 37.0 Å². The van der Waals surface area contributed by atoms with Crippen LogP contribution < -0.4 is 15.1 Å². The number of carbonyl (C=O) groups excluding carboxylic acids is 2. The third-order valence-corrected chi connectivity index (χ3v) is 7.99. The van der Waals surface area contributed by atoms with Crippen LogP contribution in [0, 0.1) is 0 Å². The molecule has 2 aromatic rings. The highest BCUT2D eigenvalue weighted by Gasteiger charge is 2.37. The van der Waals surface area contributed by atoms with Gasteiger partial charge >= 0.3 is 0 Å². The van der Waals surface area contributed by atoms with Gasteiger partial charge in [-0.25, -0.2) is 8.42 Å². The van der Waals surface area contributed by atoms with E-state index >= 15 is 0 Å². The maximum atomic E-state index is 13.0. The van der Waals surface area contributed by atoms with Crippen molar-refractivity contribution < 1.29 is 18.0 Å². The van der Waals surface area contributed by atoms with Gasteiger partial charge in [-0.15, -0.1) is 0 Å². The van der Waals surface area contributed by atoms with Gasteiger partial charge in [0.1, 0.15) is 6.04 Å². The lowest BCUT2D eigenvalue weighted by Gasteiger charge is -2.23. The predicted octanol–water partition coefficient (Wildman–Crippen LogP) is 2.38. The highest BCUT2D eigenvalue weighted by molar-refractivity contribution is 7.89. The molecule has 0 aliphatic carbocycles. The quantitative estimate of drug-likeness (QED) is 0.637. The van der Waals surface area contributed by atoms with Crippen molar-refractivity contribution in [3.8, 4) is 0 Å². The van der Waals surface area contributed by atoms with Gasteiger partial charge in [0, 0.05) is 58.4 Å². The number of anilines is 2. The fraction of sp³-hybridized carbons (Fsp3) is 0.417. The fourth-order valence-corrected chi connectivity index (χ4v) is 5.63. The molecule has 0 fully saturated rings. The van der Waals surface area contributed by atoms with Crippen LogP contribution in [0.1, 0.15) is 31.9 Å². The summed E-state index contributed by atoms with van der Waals surface area (Å²) in [5, 5.41) is 2.92. The van der Waals surface area contributed by atoms with Crippen LogP contribution in [0.5, 0.6) is 0 Å². The van der Waals surface area contributed by atoms with E-state index in [-0.39, 0.29) is 23.1 Å². The lowest BCUT2D eigenvalue weighted by atomic mass is 10.1. The molecule has 2 amide bonds. The van der Waals surface area contributed by atoms with E-state index in [9.17, 15) is 18.0 Å². The molecule has 0 bridgehead atoms. The van der Waals surface area contributed by atoms with Crippen LogP contribution in [-0.4, -0.2) is 57.8 Å². The van der Waals surface area contributed by atoms with E-state index in [1.54, 1.807) is 26.0 Å². The first-order valence-corrected chi connectivity index (χ1v) is 12.5. The Labute approximate surface area is 196 Å². The van der Waals surface area contributed by atoms with E-state index in [2.05, 4.69) is 5.32 Å². The minimum Gasteiger partial charge on any atom is -0.378 e. The van der Waals surface area contributed by atoms with Crippen molar-refractivity contribution in [3.05, 3.63) is 53.6 Å². The van der Waals surface area contributed by atoms with Gasteiger partial charge in [0.25, 0.3) is 0 Å². The van der Waals surface area contributed by atoms with Crippen molar-refractivity contribution in [3.63, 3.8) is 0 Å². The van der Waals surface area contributed by atoms with Crippen LogP contribution in [0.15, 0.2) is 47.4 Å². The normalized spacial score (nSPS) is 15.5. The van der Waals surface area contributed by atoms with E-state index in [0.717, 1.165) is 11.3 Å². The molecule has 1 aliphatic heterocycles. The zero-order chi connectivity index (χ0) is 24.3. The van der Waals surface area contributed by atoms with Crippen LogP contribution >= 0.6 is 0 Å². The predicted molar refractivity (Wildman–Crippen MR) is 130 cm³/mol. The summed E-state index contributed by atoms with van der Waals surface area (Å²) in [5.74, 6) is -0.533. The SMILES string of the molecule is CCN(CC)S(=O)(=O)c1ccc2c(c1)C[C@H](C(=O)NCc1ccc(N(C)C)cc1)N2C(C)=O. The fourth-order valence-electron chi connectivity index (χ4n) is 4.12. The molecule has 0 aromatic heterocycles. The molecular weight excluding hydrogens is 440 g/mol. The second kappa shape index (κ2) is 9.93. The summed E-state index contributed by atoms with van der Waals surface area (Å²) in [6, 6.07) is 11.9. The average molecular weight is 473 g/mol. The molecule has 1 aliphatic rings. The van der Waals surface area contributed by atoms with Gasteiger partial charge in [0.15, 0.2) is 0 Å². The number of amides is 2. The number of fused-ring (bicyclic) bond motifs is 1. The summed E-state index contributed by atoms with van der Waals surface area (Å²) in [6.45, 7) is 6.08. The van der Waals surface area contributed by atoms with Gasteiger partial charge in [0.05, 0.1) is 4.90 Å². The molecule has 0 saturated heterocycles. The lowest BCUT2D eigenvalue weighted by molar-refractivity contribution is -0.125. The number of benzene rings is 2. The van der Waals surface area contributed by atoms with Gasteiger partial charge in [-0.3, -0.25) is 14.5 Å². The number of rotatable bonds is 8. The Hall–Kier alpha value is -2.91. The standard InChI is InChI=1S/C24H32N4O4S/c1-6-27(7-2)33(31,32)21-12-13-22-19(14-21)15-23(28(22)17(3)29)24(30)25-16-18-8-10-20(11-9-18)26(4)5/h8-14,23H,6-7,15-16H2,1-5H3,(H,25,30)/t23-/m1/s1.